The summed E-state index contributed by atoms with van der Waals surface area (Å²) in [5, 5.41) is 2.77. The molecule has 0 aliphatic rings. The summed E-state index contributed by atoms with van der Waals surface area (Å²) in [4.78, 5) is 23.9. The van der Waals surface area contributed by atoms with Gasteiger partial charge in [0.1, 0.15) is 6.61 Å². The minimum absolute atomic E-state index is 0.0197. The van der Waals surface area contributed by atoms with Crippen molar-refractivity contribution in [2.24, 2.45) is 5.92 Å². The standard InChI is InChI=1S/C17H25NO4/c1-4-21-15(10-16(19)18-11-13(2)3)17(20)22-12-14-8-6-5-7-9-14/h5-9,13,15H,4,10-12H2,1-3H3,(H,18,19)/t15-/m1/s1. The van der Waals surface area contributed by atoms with Crippen LogP contribution in [0.15, 0.2) is 30.3 Å². The van der Waals surface area contributed by atoms with E-state index < -0.39 is 12.1 Å². The largest absolute Gasteiger partial charge is 0.459 e. The van der Waals surface area contributed by atoms with Gasteiger partial charge in [-0.05, 0) is 18.4 Å². The maximum Gasteiger partial charge on any atom is 0.336 e. The molecule has 5 nitrogen and oxygen atoms in total. The van der Waals surface area contributed by atoms with Crippen LogP contribution >= 0.6 is 0 Å². The molecule has 0 heterocycles. The van der Waals surface area contributed by atoms with E-state index in [1.165, 1.54) is 0 Å². The Morgan fingerprint density at radius 3 is 2.45 bits per heavy atom. The van der Waals surface area contributed by atoms with Crippen LogP contribution in [-0.4, -0.2) is 31.1 Å². The average Bonchev–Trinajstić information content (AvgIpc) is 2.51. The number of rotatable bonds is 9. The maximum absolute atomic E-state index is 12.1. The van der Waals surface area contributed by atoms with E-state index >= 15 is 0 Å². The first-order chi connectivity index (χ1) is 10.5. The Hall–Kier alpha value is -1.88. The maximum atomic E-state index is 12.1. The lowest BCUT2D eigenvalue weighted by molar-refractivity contribution is -0.160. The zero-order chi connectivity index (χ0) is 16.4. The van der Waals surface area contributed by atoms with Gasteiger partial charge in [-0.3, -0.25) is 4.79 Å². The highest BCUT2D eigenvalue weighted by molar-refractivity contribution is 5.84. The number of carbonyl (C=O) groups excluding carboxylic acids is 2. The Labute approximate surface area is 132 Å². The lowest BCUT2D eigenvalue weighted by Crippen LogP contribution is -2.35. The predicted molar refractivity (Wildman–Crippen MR) is 84.1 cm³/mol. The van der Waals surface area contributed by atoms with Crippen LogP contribution in [-0.2, 0) is 25.7 Å². The summed E-state index contributed by atoms with van der Waals surface area (Å²) in [5.74, 6) is -0.353. The van der Waals surface area contributed by atoms with E-state index in [0.717, 1.165) is 5.56 Å². The molecule has 1 aromatic rings. The van der Waals surface area contributed by atoms with E-state index in [0.29, 0.717) is 19.1 Å². The van der Waals surface area contributed by atoms with E-state index in [4.69, 9.17) is 9.47 Å². The molecule has 0 aliphatic carbocycles. The number of carbonyl (C=O) groups is 2. The van der Waals surface area contributed by atoms with Crippen LogP contribution in [0.4, 0.5) is 0 Å². The molecule has 0 radical (unpaired) electrons. The summed E-state index contributed by atoms with van der Waals surface area (Å²) in [5.41, 5.74) is 0.898. The minimum atomic E-state index is -0.860. The molecule has 1 aromatic carbocycles. The molecule has 1 amide bonds. The molecule has 0 spiro atoms. The Balaban J connectivity index is 2.47. The number of hydrogen-bond donors (Lipinski definition) is 1. The van der Waals surface area contributed by atoms with Crippen LogP contribution in [0, 0.1) is 5.92 Å². The van der Waals surface area contributed by atoms with Gasteiger partial charge in [-0.1, -0.05) is 44.2 Å². The lowest BCUT2D eigenvalue weighted by atomic mass is 10.2. The van der Waals surface area contributed by atoms with E-state index in [2.05, 4.69) is 5.32 Å². The number of benzene rings is 1. The van der Waals surface area contributed by atoms with E-state index in [1.807, 2.05) is 44.2 Å². The smallest absolute Gasteiger partial charge is 0.336 e. The number of ether oxygens (including phenoxy) is 2. The summed E-state index contributed by atoms with van der Waals surface area (Å²) < 4.78 is 10.6. The molecular formula is C17H25NO4. The molecule has 1 N–H and O–H groups in total. The van der Waals surface area contributed by atoms with Gasteiger partial charge in [0.2, 0.25) is 5.91 Å². The Morgan fingerprint density at radius 1 is 1.18 bits per heavy atom. The molecule has 122 valence electrons. The van der Waals surface area contributed by atoms with Crippen LogP contribution in [0.2, 0.25) is 0 Å². The van der Waals surface area contributed by atoms with Crippen LogP contribution in [0.3, 0.4) is 0 Å². The fraction of sp³-hybridized carbons (Fsp3) is 0.529. The SMILES string of the molecule is CCO[C@H](CC(=O)NCC(C)C)C(=O)OCc1ccccc1. The van der Waals surface area contributed by atoms with E-state index in [9.17, 15) is 9.59 Å². The molecular weight excluding hydrogens is 282 g/mol. The molecule has 1 rings (SSSR count). The minimum Gasteiger partial charge on any atom is -0.459 e. The molecule has 0 aliphatic heterocycles. The number of esters is 1. The Morgan fingerprint density at radius 2 is 1.86 bits per heavy atom. The van der Waals surface area contributed by atoms with Crippen molar-refractivity contribution in [3.8, 4) is 0 Å². The molecule has 0 fully saturated rings. The topological polar surface area (TPSA) is 64.6 Å². The van der Waals surface area contributed by atoms with Crippen molar-refractivity contribution in [3.05, 3.63) is 35.9 Å². The van der Waals surface area contributed by atoms with Gasteiger partial charge in [0.05, 0.1) is 6.42 Å². The second kappa shape index (κ2) is 9.95. The summed E-state index contributed by atoms with van der Waals surface area (Å²) >= 11 is 0. The van der Waals surface area contributed by atoms with Crippen molar-refractivity contribution < 1.29 is 19.1 Å². The molecule has 0 saturated carbocycles. The highest BCUT2D eigenvalue weighted by Gasteiger charge is 2.23. The van der Waals surface area contributed by atoms with Crippen molar-refractivity contribution in [2.75, 3.05) is 13.2 Å². The average molecular weight is 307 g/mol. The fourth-order valence-electron chi connectivity index (χ4n) is 1.79. The fourth-order valence-corrected chi connectivity index (χ4v) is 1.79. The summed E-state index contributed by atoms with van der Waals surface area (Å²) in [7, 11) is 0. The highest BCUT2D eigenvalue weighted by atomic mass is 16.6. The number of hydrogen-bond acceptors (Lipinski definition) is 4. The van der Waals surface area contributed by atoms with Gasteiger partial charge in [-0.25, -0.2) is 4.79 Å². The quantitative estimate of drug-likeness (QED) is 0.711. The summed E-state index contributed by atoms with van der Waals surface area (Å²) in [6.07, 6.45) is -0.880. The third kappa shape index (κ3) is 7.22. The molecule has 1 atom stereocenters. The first-order valence-electron chi connectivity index (χ1n) is 7.61. The molecule has 0 bridgehead atoms. The molecule has 0 saturated heterocycles. The summed E-state index contributed by atoms with van der Waals surface area (Å²) in [6.45, 7) is 6.91. The normalized spacial score (nSPS) is 12.0. The molecule has 22 heavy (non-hydrogen) atoms. The Kier molecular flexibility index (Phi) is 8.22. The zero-order valence-electron chi connectivity index (χ0n) is 13.5. The number of nitrogens with one attached hydrogen (secondary N) is 1. The van der Waals surface area contributed by atoms with E-state index in [1.54, 1.807) is 6.92 Å². The second-order valence-electron chi connectivity index (χ2n) is 5.44. The molecule has 5 heteroatoms. The number of amides is 1. The Bertz CT molecular complexity index is 459. The highest BCUT2D eigenvalue weighted by Crippen LogP contribution is 2.06. The van der Waals surface area contributed by atoms with Crippen molar-refractivity contribution in [2.45, 2.75) is 39.9 Å². The summed E-state index contributed by atoms with van der Waals surface area (Å²) in [6, 6.07) is 9.40. The third-order valence-corrected chi connectivity index (χ3v) is 2.93. The van der Waals surface area contributed by atoms with Crippen molar-refractivity contribution >= 4 is 11.9 Å². The van der Waals surface area contributed by atoms with Gasteiger partial charge >= 0.3 is 5.97 Å². The van der Waals surface area contributed by atoms with Gasteiger partial charge in [0.15, 0.2) is 6.10 Å². The predicted octanol–water partition coefficient (Wildman–Crippen LogP) is 2.30. The zero-order valence-corrected chi connectivity index (χ0v) is 13.5. The molecule has 0 unspecified atom stereocenters. The van der Waals surface area contributed by atoms with Gasteiger partial charge in [0.25, 0.3) is 0 Å². The first-order valence-corrected chi connectivity index (χ1v) is 7.61. The van der Waals surface area contributed by atoms with Gasteiger partial charge in [-0.2, -0.15) is 0 Å². The van der Waals surface area contributed by atoms with Gasteiger partial charge < -0.3 is 14.8 Å². The monoisotopic (exact) mass is 307 g/mol. The lowest BCUT2D eigenvalue weighted by Gasteiger charge is -2.16. The second-order valence-corrected chi connectivity index (χ2v) is 5.44. The molecule has 0 aromatic heterocycles. The van der Waals surface area contributed by atoms with Crippen LogP contribution < -0.4 is 5.32 Å². The van der Waals surface area contributed by atoms with Crippen LogP contribution in [0.5, 0.6) is 0 Å². The van der Waals surface area contributed by atoms with Crippen molar-refractivity contribution in [1.82, 2.24) is 5.32 Å². The van der Waals surface area contributed by atoms with Gasteiger partial charge in [0, 0.05) is 13.2 Å². The van der Waals surface area contributed by atoms with Crippen LogP contribution in [0.25, 0.3) is 0 Å². The van der Waals surface area contributed by atoms with Crippen LogP contribution in [0.1, 0.15) is 32.8 Å². The van der Waals surface area contributed by atoms with Crippen molar-refractivity contribution in [1.29, 1.82) is 0 Å². The van der Waals surface area contributed by atoms with Crippen molar-refractivity contribution in [3.63, 3.8) is 0 Å². The van der Waals surface area contributed by atoms with Gasteiger partial charge in [-0.15, -0.1) is 0 Å². The van der Waals surface area contributed by atoms with E-state index in [-0.39, 0.29) is 18.9 Å². The third-order valence-electron chi connectivity index (χ3n) is 2.93. The first kappa shape index (κ1) is 18.2.